The van der Waals surface area contributed by atoms with Crippen LogP contribution in [0.4, 0.5) is 0 Å². The maximum Gasteiger partial charge on any atom is 0.274 e. The highest BCUT2D eigenvalue weighted by molar-refractivity contribution is 7.90. The first kappa shape index (κ1) is 19.2. The quantitative estimate of drug-likeness (QED) is 0.794. The number of rotatable bonds is 4. The van der Waals surface area contributed by atoms with E-state index in [0.29, 0.717) is 50.6 Å². The summed E-state index contributed by atoms with van der Waals surface area (Å²) in [6.07, 6.45) is 5.17. The van der Waals surface area contributed by atoms with Crippen molar-refractivity contribution in [3.8, 4) is 0 Å². The van der Waals surface area contributed by atoms with Crippen molar-refractivity contribution in [1.29, 1.82) is 0 Å². The van der Waals surface area contributed by atoms with Gasteiger partial charge in [0.25, 0.3) is 5.91 Å². The van der Waals surface area contributed by atoms with Crippen molar-refractivity contribution in [2.75, 3.05) is 26.2 Å². The molecular weight excluding hydrogens is 352 g/mol. The monoisotopic (exact) mass is 380 g/mol. The zero-order valence-electron chi connectivity index (χ0n) is 15.8. The molecule has 1 aromatic heterocycles. The van der Waals surface area contributed by atoms with Gasteiger partial charge in [0.1, 0.15) is 5.69 Å². The number of carbonyl (C=O) groups excluding carboxylic acids is 1. The second kappa shape index (κ2) is 7.60. The Morgan fingerprint density at radius 3 is 2.62 bits per heavy atom. The summed E-state index contributed by atoms with van der Waals surface area (Å²) >= 11 is 0. The summed E-state index contributed by atoms with van der Waals surface area (Å²) in [5, 5.41) is -0.364. The lowest BCUT2D eigenvalue weighted by molar-refractivity contribution is 0.0752. The Bertz CT molecular complexity index is 748. The molecule has 0 saturated carbocycles. The second-order valence-electron chi connectivity index (χ2n) is 7.80. The van der Waals surface area contributed by atoms with E-state index < -0.39 is 10.0 Å². The van der Waals surface area contributed by atoms with Crippen LogP contribution in [0.2, 0.25) is 0 Å². The van der Waals surface area contributed by atoms with E-state index in [2.05, 4.69) is 23.8 Å². The molecule has 2 aliphatic heterocycles. The molecule has 0 spiro atoms. The van der Waals surface area contributed by atoms with Crippen molar-refractivity contribution in [2.45, 2.75) is 45.3 Å². The fraction of sp³-hybridized carbons (Fsp3) is 0.722. The van der Waals surface area contributed by atoms with Gasteiger partial charge in [0.15, 0.2) is 0 Å². The number of nitrogens with zero attached hydrogens (tertiary/aromatic N) is 4. The lowest BCUT2D eigenvalue weighted by Gasteiger charge is -2.22. The number of likely N-dealkylation sites (tertiary alicyclic amines) is 1. The second-order valence-corrected chi connectivity index (χ2v) is 9.95. The average Bonchev–Trinajstić information content (AvgIpc) is 2.74. The largest absolute Gasteiger partial charge is 0.337 e. The molecule has 8 heteroatoms. The maximum absolute atomic E-state index is 12.9. The third kappa shape index (κ3) is 3.91. The van der Waals surface area contributed by atoms with Crippen LogP contribution in [0.15, 0.2) is 12.4 Å². The Morgan fingerprint density at radius 1 is 1.23 bits per heavy atom. The standard InChI is InChI=1S/C18H28N4O3S/c1-13(2)4-9-22-12-15-5-7-21(8-6-17(15)26(22,24)25)18(23)16-11-19-14(3)10-20-16/h10-11,13,15,17H,4-9,12H2,1-3H3/t15-,17-/m1/s1. The minimum absolute atomic E-state index is 0.106. The van der Waals surface area contributed by atoms with Crippen LogP contribution < -0.4 is 0 Å². The number of fused-ring (bicyclic) bond motifs is 1. The Hall–Kier alpha value is -1.54. The maximum atomic E-state index is 12.9. The van der Waals surface area contributed by atoms with Crippen molar-refractivity contribution in [2.24, 2.45) is 11.8 Å². The van der Waals surface area contributed by atoms with Crippen LogP contribution >= 0.6 is 0 Å². The molecule has 144 valence electrons. The minimum atomic E-state index is -3.26. The molecule has 0 aliphatic carbocycles. The third-order valence-electron chi connectivity index (χ3n) is 5.40. The molecule has 0 radical (unpaired) electrons. The van der Waals surface area contributed by atoms with Crippen LogP contribution in [0.3, 0.4) is 0 Å². The first-order chi connectivity index (χ1) is 12.3. The predicted molar refractivity (Wildman–Crippen MR) is 99.1 cm³/mol. The average molecular weight is 381 g/mol. The number of amides is 1. The Kier molecular flexibility index (Phi) is 5.62. The van der Waals surface area contributed by atoms with Crippen molar-refractivity contribution >= 4 is 15.9 Å². The fourth-order valence-electron chi connectivity index (χ4n) is 3.78. The third-order valence-corrected chi connectivity index (χ3v) is 7.84. The normalized spacial score (nSPS) is 25.9. The zero-order valence-corrected chi connectivity index (χ0v) is 16.6. The summed E-state index contributed by atoms with van der Waals surface area (Å²) in [6.45, 7) is 8.26. The summed E-state index contributed by atoms with van der Waals surface area (Å²) in [6, 6.07) is 0. The summed E-state index contributed by atoms with van der Waals surface area (Å²) in [4.78, 5) is 22.7. The number of aromatic nitrogens is 2. The molecule has 2 aliphatic rings. The molecular formula is C18H28N4O3S. The van der Waals surface area contributed by atoms with Crippen LogP contribution in [0, 0.1) is 18.8 Å². The van der Waals surface area contributed by atoms with Gasteiger partial charge in [-0.05, 0) is 38.0 Å². The molecule has 0 bridgehead atoms. The zero-order chi connectivity index (χ0) is 18.9. The highest BCUT2D eigenvalue weighted by atomic mass is 32.2. The van der Waals surface area contributed by atoms with E-state index in [1.165, 1.54) is 6.20 Å². The van der Waals surface area contributed by atoms with Crippen molar-refractivity contribution < 1.29 is 13.2 Å². The first-order valence-corrected chi connectivity index (χ1v) is 10.9. The van der Waals surface area contributed by atoms with Crippen LogP contribution in [-0.2, 0) is 10.0 Å². The fourth-order valence-corrected chi connectivity index (χ4v) is 6.04. The molecule has 2 saturated heterocycles. The van der Waals surface area contributed by atoms with Crippen LogP contribution in [0.1, 0.15) is 49.3 Å². The molecule has 2 fully saturated rings. The van der Waals surface area contributed by atoms with Gasteiger partial charge in [0.05, 0.1) is 17.1 Å². The van der Waals surface area contributed by atoms with E-state index in [-0.39, 0.29) is 17.1 Å². The lowest BCUT2D eigenvalue weighted by atomic mass is 10.0. The molecule has 0 unspecified atom stereocenters. The summed E-state index contributed by atoms with van der Waals surface area (Å²) in [5.41, 5.74) is 1.09. The van der Waals surface area contributed by atoms with Gasteiger partial charge >= 0.3 is 0 Å². The number of sulfonamides is 1. The molecule has 2 atom stereocenters. The Morgan fingerprint density at radius 2 is 1.96 bits per heavy atom. The van der Waals surface area contributed by atoms with E-state index in [1.54, 1.807) is 15.4 Å². The molecule has 1 amide bonds. The molecule has 7 nitrogen and oxygen atoms in total. The Balaban J connectivity index is 1.67. The number of aryl methyl sites for hydroxylation is 1. The van der Waals surface area contributed by atoms with E-state index in [1.807, 2.05) is 6.92 Å². The highest BCUT2D eigenvalue weighted by Gasteiger charge is 2.47. The van der Waals surface area contributed by atoms with Gasteiger partial charge in [-0.3, -0.25) is 9.78 Å². The van der Waals surface area contributed by atoms with Crippen molar-refractivity contribution in [3.63, 3.8) is 0 Å². The van der Waals surface area contributed by atoms with Gasteiger partial charge in [-0.1, -0.05) is 13.8 Å². The topological polar surface area (TPSA) is 83.5 Å². The van der Waals surface area contributed by atoms with E-state index in [4.69, 9.17) is 0 Å². The van der Waals surface area contributed by atoms with Crippen LogP contribution in [0.25, 0.3) is 0 Å². The molecule has 3 heterocycles. The summed E-state index contributed by atoms with van der Waals surface area (Å²) in [7, 11) is -3.26. The molecule has 0 aromatic carbocycles. The lowest BCUT2D eigenvalue weighted by Crippen LogP contribution is -2.35. The highest BCUT2D eigenvalue weighted by Crippen LogP contribution is 2.34. The van der Waals surface area contributed by atoms with E-state index >= 15 is 0 Å². The van der Waals surface area contributed by atoms with Gasteiger partial charge in [-0.15, -0.1) is 0 Å². The molecule has 1 aromatic rings. The van der Waals surface area contributed by atoms with Gasteiger partial charge in [-0.25, -0.2) is 17.7 Å². The molecule has 3 rings (SSSR count). The number of carbonyl (C=O) groups is 1. The van der Waals surface area contributed by atoms with Gasteiger partial charge in [0.2, 0.25) is 10.0 Å². The minimum Gasteiger partial charge on any atom is -0.337 e. The summed E-state index contributed by atoms with van der Waals surface area (Å²) in [5.74, 6) is 0.430. The molecule has 0 N–H and O–H groups in total. The predicted octanol–water partition coefficient (Wildman–Crippen LogP) is 1.70. The Labute approximate surface area is 155 Å². The number of hydrogen-bond donors (Lipinski definition) is 0. The van der Waals surface area contributed by atoms with E-state index in [0.717, 1.165) is 12.1 Å². The van der Waals surface area contributed by atoms with E-state index in [9.17, 15) is 13.2 Å². The van der Waals surface area contributed by atoms with Crippen LogP contribution in [0.5, 0.6) is 0 Å². The number of hydrogen-bond acceptors (Lipinski definition) is 5. The first-order valence-electron chi connectivity index (χ1n) is 9.36. The molecule has 26 heavy (non-hydrogen) atoms. The van der Waals surface area contributed by atoms with Gasteiger partial charge in [-0.2, -0.15) is 0 Å². The van der Waals surface area contributed by atoms with Gasteiger partial charge < -0.3 is 4.90 Å². The van der Waals surface area contributed by atoms with Crippen molar-refractivity contribution in [3.05, 3.63) is 23.8 Å². The SMILES string of the molecule is Cc1cnc(C(=O)N2CC[C@@H]3CN(CCC(C)C)S(=O)(=O)[C@@H]3CC2)cn1. The van der Waals surface area contributed by atoms with Crippen molar-refractivity contribution in [1.82, 2.24) is 19.2 Å². The van der Waals surface area contributed by atoms with Crippen LogP contribution in [-0.4, -0.2) is 64.9 Å². The smallest absolute Gasteiger partial charge is 0.274 e. The summed E-state index contributed by atoms with van der Waals surface area (Å²) < 4.78 is 27.4. The van der Waals surface area contributed by atoms with Gasteiger partial charge in [0, 0.05) is 32.4 Å².